The highest BCUT2D eigenvalue weighted by Crippen LogP contribution is 2.35. The molecule has 0 amide bonds. The summed E-state index contributed by atoms with van der Waals surface area (Å²) in [6.07, 6.45) is 1.00. The average molecular weight is 315 g/mol. The number of benzene rings is 1. The molecule has 2 atom stereocenters. The van der Waals surface area contributed by atoms with Crippen molar-refractivity contribution < 1.29 is 4.39 Å². The average Bonchev–Trinajstić information content (AvgIpc) is 2.60. The van der Waals surface area contributed by atoms with Crippen LogP contribution in [0.3, 0.4) is 0 Å². The number of hydrogen-bond donors (Lipinski definition) is 1. The van der Waals surface area contributed by atoms with Gasteiger partial charge in [-0.2, -0.15) is 0 Å². The topological polar surface area (TPSA) is 29.3 Å². The second-order valence-corrected chi connectivity index (χ2v) is 6.31. The fraction of sp³-hybridized carbons (Fsp3) is 0.571. The fourth-order valence-electron chi connectivity index (χ4n) is 2.73. The molecule has 1 aliphatic heterocycles. The molecule has 2 N–H and O–H groups in total. The normalized spacial score (nSPS) is 25.0. The van der Waals surface area contributed by atoms with Crippen LogP contribution in [0.4, 0.5) is 4.39 Å². The van der Waals surface area contributed by atoms with Crippen LogP contribution >= 0.6 is 15.9 Å². The summed E-state index contributed by atoms with van der Waals surface area (Å²) in [4.78, 5) is 2.41. The van der Waals surface area contributed by atoms with Gasteiger partial charge in [-0.25, -0.2) is 4.39 Å². The maximum absolute atomic E-state index is 13.2. The Morgan fingerprint density at radius 3 is 2.83 bits per heavy atom. The Labute approximate surface area is 116 Å². The summed E-state index contributed by atoms with van der Waals surface area (Å²) in [7, 11) is 0. The van der Waals surface area contributed by atoms with Crippen molar-refractivity contribution in [3.05, 3.63) is 34.1 Å². The van der Waals surface area contributed by atoms with Crippen molar-refractivity contribution in [1.29, 1.82) is 0 Å². The van der Waals surface area contributed by atoms with Crippen molar-refractivity contribution in [2.75, 3.05) is 13.1 Å². The number of nitrogens with two attached hydrogens (primary N) is 1. The minimum Gasteiger partial charge on any atom is -0.326 e. The largest absolute Gasteiger partial charge is 0.326 e. The van der Waals surface area contributed by atoms with Gasteiger partial charge in [-0.15, -0.1) is 0 Å². The summed E-state index contributed by atoms with van der Waals surface area (Å²) in [6, 6.07) is 5.21. The van der Waals surface area contributed by atoms with Crippen molar-refractivity contribution in [2.45, 2.75) is 32.4 Å². The number of nitrogens with zero attached hydrogens (tertiary/aromatic N) is 1. The molecule has 1 heterocycles. The van der Waals surface area contributed by atoms with Gasteiger partial charge in [0.05, 0.1) is 6.04 Å². The zero-order chi connectivity index (χ0) is 13.3. The molecule has 1 aromatic carbocycles. The van der Waals surface area contributed by atoms with Gasteiger partial charge in [0, 0.05) is 23.6 Å². The van der Waals surface area contributed by atoms with Gasteiger partial charge in [-0.1, -0.05) is 35.8 Å². The molecule has 0 bridgehead atoms. The lowest BCUT2D eigenvalue weighted by atomic mass is 10.00. The van der Waals surface area contributed by atoms with E-state index in [2.05, 4.69) is 34.7 Å². The lowest BCUT2D eigenvalue weighted by molar-refractivity contribution is 0.220. The minimum atomic E-state index is -0.215. The van der Waals surface area contributed by atoms with Crippen LogP contribution < -0.4 is 5.73 Å². The van der Waals surface area contributed by atoms with E-state index < -0.39 is 0 Å². The summed E-state index contributed by atoms with van der Waals surface area (Å²) in [5.74, 6) is 0.393. The van der Waals surface area contributed by atoms with Crippen LogP contribution in [0, 0.1) is 11.7 Å². The van der Waals surface area contributed by atoms with E-state index in [1.54, 1.807) is 0 Å². The van der Waals surface area contributed by atoms with Crippen molar-refractivity contribution in [1.82, 2.24) is 4.90 Å². The minimum absolute atomic E-state index is 0.130. The quantitative estimate of drug-likeness (QED) is 0.927. The van der Waals surface area contributed by atoms with Crippen LogP contribution in [0.5, 0.6) is 0 Å². The summed E-state index contributed by atoms with van der Waals surface area (Å²) >= 11 is 3.46. The van der Waals surface area contributed by atoms with Gasteiger partial charge in [-0.05, 0) is 30.0 Å². The highest BCUT2D eigenvalue weighted by Gasteiger charge is 2.34. The molecule has 1 saturated heterocycles. The summed E-state index contributed by atoms with van der Waals surface area (Å²) in [5.41, 5.74) is 7.33. The highest BCUT2D eigenvalue weighted by atomic mass is 79.9. The molecule has 1 fully saturated rings. The fourth-order valence-corrected chi connectivity index (χ4v) is 3.31. The second kappa shape index (κ2) is 5.68. The van der Waals surface area contributed by atoms with Gasteiger partial charge >= 0.3 is 0 Å². The lowest BCUT2D eigenvalue weighted by Gasteiger charge is -2.29. The standard InChI is InChI=1S/C14H20BrFN2/c1-9(2)8-18-6-5-13(17)14(18)11-4-3-10(16)7-12(11)15/h3-4,7,9,13-14H,5-6,8,17H2,1-2H3. The molecule has 18 heavy (non-hydrogen) atoms. The van der Waals surface area contributed by atoms with Crippen LogP contribution in [-0.2, 0) is 0 Å². The number of hydrogen-bond acceptors (Lipinski definition) is 2. The maximum atomic E-state index is 13.2. The third kappa shape index (κ3) is 2.92. The Kier molecular flexibility index (Phi) is 4.41. The Bertz CT molecular complexity index is 422. The van der Waals surface area contributed by atoms with Gasteiger partial charge in [0.15, 0.2) is 0 Å². The van der Waals surface area contributed by atoms with E-state index in [-0.39, 0.29) is 17.9 Å². The van der Waals surface area contributed by atoms with Crippen LogP contribution in [0.25, 0.3) is 0 Å². The van der Waals surface area contributed by atoms with E-state index in [0.29, 0.717) is 5.92 Å². The summed E-state index contributed by atoms with van der Waals surface area (Å²) in [5, 5.41) is 0. The van der Waals surface area contributed by atoms with Crippen molar-refractivity contribution in [3.8, 4) is 0 Å². The second-order valence-electron chi connectivity index (χ2n) is 5.45. The Morgan fingerprint density at radius 2 is 2.22 bits per heavy atom. The molecule has 2 unspecified atom stereocenters. The SMILES string of the molecule is CC(C)CN1CCC(N)C1c1ccc(F)cc1Br. The van der Waals surface area contributed by atoms with Crippen LogP contribution in [-0.4, -0.2) is 24.0 Å². The zero-order valence-corrected chi connectivity index (χ0v) is 12.5. The van der Waals surface area contributed by atoms with E-state index in [1.165, 1.54) is 12.1 Å². The summed E-state index contributed by atoms with van der Waals surface area (Å²) in [6.45, 7) is 6.47. The van der Waals surface area contributed by atoms with E-state index >= 15 is 0 Å². The molecule has 0 spiro atoms. The van der Waals surface area contributed by atoms with Gasteiger partial charge in [0.1, 0.15) is 5.82 Å². The third-order valence-electron chi connectivity index (χ3n) is 3.43. The molecular weight excluding hydrogens is 295 g/mol. The van der Waals surface area contributed by atoms with E-state index in [0.717, 1.165) is 29.5 Å². The Balaban J connectivity index is 2.27. The predicted octanol–water partition coefficient (Wildman–Crippen LogP) is 3.32. The number of likely N-dealkylation sites (tertiary alicyclic amines) is 1. The molecule has 100 valence electrons. The molecule has 0 radical (unpaired) electrons. The molecule has 4 heteroatoms. The van der Waals surface area contributed by atoms with Crippen LogP contribution in [0.15, 0.2) is 22.7 Å². The molecule has 0 aliphatic carbocycles. The first-order valence-electron chi connectivity index (χ1n) is 6.43. The molecule has 2 nitrogen and oxygen atoms in total. The maximum Gasteiger partial charge on any atom is 0.124 e. The van der Waals surface area contributed by atoms with E-state index in [1.807, 2.05) is 6.07 Å². The molecule has 0 saturated carbocycles. The molecule has 1 aromatic rings. The first-order valence-corrected chi connectivity index (χ1v) is 7.23. The van der Waals surface area contributed by atoms with Gasteiger partial charge in [0.25, 0.3) is 0 Å². The molecule has 1 aliphatic rings. The lowest BCUT2D eigenvalue weighted by Crippen LogP contribution is -2.34. The third-order valence-corrected chi connectivity index (χ3v) is 4.12. The predicted molar refractivity (Wildman–Crippen MR) is 75.8 cm³/mol. The number of rotatable bonds is 3. The first-order chi connectivity index (χ1) is 8.49. The monoisotopic (exact) mass is 314 g/mol. The molecule has 0 aromatic heterocycles. The zero-order valence-electron chi connectivity index (χ0n) is 10.9. The molecule has 2 rings (SSSR count). The summed E-state index contributed by atoms with van der Waals surface area (Å²) < 4.78 is 14.0. The Hall–Kier alpha value is -0.450. The van der Waals surface area contributed by atoms with Gasteiger partial charge in [0.2, 0.25) is 0 Å². The van der Waals surface area contributed by atoms with Crippen molar-refractivity contribution in [2.24, 2.45) is 11.7 Å². The van der Waals surface area contributed by atoms with Crippen LogP contribution in [0.2, 0.25) is 0 Å². The van der Waals surface area contributed by atoms with E-state index in [4.69, 9.17) is 5.73 Å². The smallest absolute Gasteiger partial charge is 0.124 e. The van der Waals surface area contributed by atoms with Gasteiger partial charge in [-0.3, -0.25) is 4.90 Å². The first kappa shape index (κ1) is 14.0. The van der Waals surface area contributed by atoms with Crippen LogP contribution in [0.1, 0.15) is 31.9 Å². The van der Waals surface area contributed by atoms with Gasteiger partial charge < -0.3 is 5.73 Å². The highest BCUT2D eigenvalue weighted by molar-refractivity contribution is 9.10. The Morgan fingerprint density at radius 1 is 1.50 bits per heavy atom. The van der Waals surface area contributed by atoms with Crippen molar-refractivity contribution >= 4 is 15.9 Å². The van der Waals surface area contributed by atoms with Crippen molar-refractivity contribution in [3.63, 3.8) is 0 Å². The molecular formula is C14H20BrFN2. The van der Waals surface area contributed by atoms with E-state index in [9.17, 15) is 4.39 Å². The number of halogens is 2.